The third kappa shape index (κ3) is 4.60. The van der Waals surface area contributed by atoms with Crippen molar-refractivity contribution in [3.63, 3.8) is 0 Å². The van der Waals surface area contributed by atoms with Crippen LogP contribution in [0.3, 0.4) is 0 Å². The Morgan fingerprint density at radius 3 is 2.45 bits per heavy atom. The highest BCUT2D eigenvalue weighted by atomic mass is 13.9. The quantitative estimate of drug-likeness (QED) is 0.460. The SMILES string of the molecule is [C]1=C\C/C=C\CC/C=C\CC/1. The lowest BCUT2D eigenvalue weighted by Gasteiger charge is -1.85. The molecule has 1 rings (SSSR count). The minimum atomic E-state index is 1.06. The highest BCUT2D eigenvalue weighted by Crippen LogP contribution is 2.00. The number of allylic oxidation sites excluding steroid dienone is 6. The zero-order valence-corrected chi connectivity index (χ0v) is 6.92. The van der Waals surface area contributed by atoms with Crippen molar-refractivity contribution in [2.24, 2.45) is 0 Å². The minimum Gasteiger partial charge on any atom is -0.0882 e. The Bertz CT molecular complexity index is 143. The lowest BCUT2D eigenvalue weighted by atomic mass is 10.2. The van der Waals surface area contributed by atoms with E-state index in [1.807, 2.05) is 0 Å². The van der Waals surface area contributed by atoms with Gasteiger partial charge in [0.25, 0.3) is 0 Å². The molecule has 0 aliphatic heterocycles. The van der Waals surface area contributed by atoms with Crippen LogP contribution in [0.2, 0.25) is 0 Å². The van der Waals surface area contributed by atoms with Crippen LogP contribution in [-0.2, 0) is 0 Å². The summed E-state index contributed by atoms with van der Waals surface area (Å²) in [4.78, 5) is 0. The van der Waals surface area contributed by atoms with Crippen molar-refractivity contribution in [2.45, 2.75) is 32.1 Å². The first kappa shape index (κ1) is 8.32. The van der Waals surface area contributed by atoms with Crippen LogP contribution in [0, 0.1) is 6.08 Å². The van der Waals surface area contributed by atoms with Gasteiger partial charge in [-0.1, -0.05) is 30.4 Å². The van der Waals surface area contributed by atoms with Gasteiger partial charge in [0.05, 0.1) is 0 Å². The van der Waals surface area contributed by atoms with Crippen LogP contribution in [0.4, 0.5) is 0 Å². The second kappa shape index (κ2) is 5.96. The maximum atomic E-state index is 3.26. The third-order valence-corrected chi connectivity index (χ3v) is 1.69. The molecule has 0 fully saturated rings. The van der Waals surface area contributed by atoms with Gasteiger partial charge in [-0.2, -0.15) is 0 Å². The Morgan fingerprint density at radius 2 is 1.55 bits per heavy atom. The van der Waals surface area contributed by atoms with Crippen LogP contribution in [0.1, 0.15) is 32.1 Å². The molecule has 0 amide bonds. The molecule has 1 aliphatic carbocycles. The Hall–Kier alpha value is -0.780. The molecule has 1 aliphatic rings. The van der Waals surface area contributed by atoms with Gasteiger partial charge in [-0.3, -0.25) is 0 Å². The normalized spacial score (nSPS) is 28.4. The van der Waals surface area contributed by atoms with Gasteiger partial charge < -0.3 is 0 Å². The second-order valence-electron chi connectivity index (χ2n) is 2.70. The van der Waals surface area contributed by atoms with E-state index in [2.05, 4.69) is 36.5 Å². The molecule has 0 saturated heterocycles. The molecule has 0 bridgehead atoms. The summed E-state index contributed by atoms with van der Waals surface area (Å²) in [6.45, 7) is 0. The molecule has 0 aromatic heterocycles. The molecule has 1 radical (unpaired) electrons. The van der Waals surface area contributed by atoms with Crippen molar-refractivity contribution in [3.8, 4) is 0 Å². The maximum Gasteiger partial charge on any atom is -0.0163 e. The molecule has 0 nitrogen and oxygen atoms in total. The van der Waals surface area contributed by atoms with Gasteiger partial charge in [0.15, 0.2) is 0 Å². The van der Waals surface area contributed by atoms with Crippen LogP contribution in [0.25, 0.3) is 0 Å². The minimum absolute atomic E-state index is 1.06. The van der Waals surface area contributed by atoms with Crippen molar-refractivity contribution >= 4 is 0 Å². The molecule has 0 atom stereocenters. The van der Waals surface area contributed by atoms with E-state index in [4.69, 9.17) is 0 Å². The molecular weight excluding hydrogens is 132 g/mol. The summed E-state index contributed by atoms with van der Waals surface area (Å²) in [5, 5.41) is 0. The molecule has 0 aromatic carbocycles. The van der Waals surface area contributed by atoms with Gasteiger partial charge in [0.1, 0.15) is 0 Å². The topological polar surface area (TPSA) is 0 Å². The molecule has 0 N–H and O–H groups in total. The maximum absolute atomic E-state index is 3.26. The molecule has 0 heterocycles. The van der Waals surface area contributed by atoms with E-state index in [9.17, 15) is 0 Å². The fourth-order valence-electron chi connectivity index (χ4n) is 1.06. The summed E-state index contributed by atoms with van der Waals surface area (Å²) in [5.74, 6) is 0. The molecule has 59 valence electrons. The van der Waals surface area contributed by atoms with Crippen LogP contribution >= 0.6 is 0 Å². The predicted molar refractivity (Wildman–Crippen MR) is 49.2 cm³/mol. The third-order valence-electron chi connectivity index (χ3n) is 1.69. The van der Waals surface area contributed by atoms with E-state index in [-0.39, 0.29) is 0 Å². The highest BCUT2D eigenvalue weighted by molar-refractivity contribution is 4.94. The summed E-state index contributed by atoms with van der Waals surface area (Å²) >= 11 is 0. The zero-order valence-electron chi connectivity index (χ0n) is 6.92. The van der Waals surface area contributed by atoms with Crippen LogP contribution in [0.5, 0.6) is 0 Å². The van der Waals surface area contributed by atoms with E-state index in [0.29, 0.717) is 0 Å². The monoisotopic (exact) mass is 147 g/mol. The predicted octanol–water partition coefficient (Wildman–Crippen LogP) is 3.42. The summed E-state index contributed by atoms with van der Waals surface area (Å²) in [6, 6.07) is 0. The van der Waals surface area contributed by atoms with Gasteiger partial charge in [-0.05, 0) is 38.2 Å². The smallest absolute Gasteiger partial charge is 0.0163 e. The zero-order chi connectivity index (χ0) is 7.78. The fraction of sp³-hybridized carbons (Fsp3) is 0.455. The molecule has 0 spiro atoms. The van der Waals surface area contributed by atoms with Crippen molar-refractivity contribution in [2.75, 3.05) is 0 Å². The van der Waals surface area contributed by atoms with Crippen molar-refractivity contribution in [1.29, 1.82) is 0 Å². The number of rotatable bonds is 0. The fourth-order valence-corrected chi connectivity index (χ4v) is 1.06. The number of hydrogen-bond acceptors (Lipinski definition) is 0. The lowest BCUT2D eigenvalue weighted by Crippen LogP contribution is -1.65. The van der Waals surface area contributed by atoms with E-state index in [1.54, 1.807) is 0 Å². The first-order valence-electron chi connectivity index (χ1n) is 4.35. The largest absolute Gasteiger partial charge is 0.0882 e. The van der Waals surface area contributed by atoms with Crippen LogP contribution < -0.4 is 0 Å². The van der Waals surface area contributed by atoms with E-state index >= 15 is 0 Å². The van der Waals surface area contributed by atoms with Crippen molar-refractivity contribution < 1.29 is 0 Å². The molecule has 0 saturated carbocycles. The first-order chi connectivity index (χ1) is 5.50. The Labute approximate surface area is 69.3 Å². The average molecular weight is 147 g/mol. The standard InChI is InChI=1S/C11H15/c1-2-4-6-8-10-11-9-7-5-3-1/h1-2,5,8,10H,3-4,6,9,11H2/b2-1-,7-5?,10-8-. The summed E-state index contributed by atoms with van der Waals surface area (Å²) in [7, 11) is 0. The highest BCUT2D eigenvalue weighted by Gasteiger charge is 1.81. The average Bonchev–Trinajstić information content (AvgIpc) is 2.08. The molecule has 0 unspecified atom stereocenters. The van der Waals surface area contributed by atoms with Crippen LogP contribution in [-0.4, -0.2) is 0 Å². The van der Waals surface area contributed by atoms with Gasteiger partial charge in [0.2, 0.25) is 0 Å². The summed E-state index contributed by atoms with van der Waals surface area (Å²) in [6.07, 6.45) is 20.0. The first-order valence-corrected chi connectivity index (χ1v) is 4.35. The Kier molecular flexibility index (Phi) is 4.51. The number of hydrogen-bond donors (Lipinski definition) is 0. The van der Waals surface area contributed by atoms with Crippen LogP contribution in [0.15, 0.2) is 30.4 Å². The van der Waals surface area contributed by atoms with Gasteiger partial charge >= 0.3 is 0 Å². The Balaban J connectivity index is 2.34. The van der Waals surface area contributed by atoms with Crippen molar-refractivity contribution in [3.05, 3.63) is 36.5 Å². The summed E-state index contributed by atoms with van der Waals surface area (Å²) < 4.78 is 0. The lowest BCUT2D eigenvalue weighted by molar-refractivity contribution is 0.994. The molecule has 11 heavy (non-hydrogen) atoms. The molecular formula is C11H15. The van der Waals surface area contributed by atoms with E-state index in [1.165, 1.54) is 12.8 Å². The Morgan fingerprint density at radius 1 is 0.818 bits per heavy atom. The van der Waals surface area contributed by atoms with Crippen molar-refractivity contribution in [1.82, 2.24) is 0 Å². The second-order valence-corrected chi connectivity index (χ2v) is 2.70. The van der Waals surface area contributed by atoms with E-state index < -0.39 is 0 Å². The van der Waals surface area contributed by atoms with Gasteiger partial charge in [-0.25, -0.2) is 0 Å². The molecule has 0 heteroatoms. The van der Waals surface area contributed by atoms with E-state index in [0.717, 1.165) is 19.3 Å². The molecule has 0 aromatic rings. The summed E-state index contributed by atoms with van der Waals surface area (Å²) in [5.41, 5.74) is 0. The van der Waals surface area contributed by atoms with Gasteiger partial charge in [-0.15, -0.1) is 0 Å². The van der Waals surface area contributed by atoms with Gasteiger partial charge in [0, 0.05) is 0 Å².